The van der Waals surface area contributed by atoms with Crippen molar-refractivity contribution in [2.75, 3.05) is 6.54 Å². The summed E-state index contributed by atoms with van der Waals surface area (Å²) in [6.45, 7) is 9.37. The van der Waals surface area contributed by atoms with E-state index in [-0.39, 0.29) is 6.04 Å². The molecule has 4 nitrogen and oxygen atoms in total. The summed E-state index contributed by atoms with van der Waals surface area (Å²) in [5.41, 5.74) is 1.16. The first-order chi connectivity index (χ1) is 9.61. The molecule has 1 unspecified atom stereocenters. The van der Waals surface area contributed by atoms with Crippen LogP contribution in [0.4, 0.5) is 0 Å². The smallest absolute Gasteiger partial charge is 0.165 e. The molecule has 2 aromatic rings. The van der Waals surface area contributed by atoms with E-state index in [4.69, 9.17) is 4.74 Å². The number of rotatable bonds is 6. The van der Waals surface area contributed by atoms with Gasteiger partial charge in [-0.1, -0.05) is 25.1 Å². The van der Waals surface area contributed by atoms with E-state index in [1.54, 1.807) is 6.20 Å². The van der Waals surface area contributed by atoms with E-state index in [1.807, 2.05) is 29.1 Å². The number of hydrogen-bond donors (Lipinski definition) is 1. The van der Waals surface area contributed by atoms with Crippen molar-refractivity contribution in [3.63, 3.8) is 0 Å². The highest BCUT2D eigenvalue weighted by Gasteiger charge is 2.12. The fourth-order valence-electron chi connectivity index (χ4n) is 2.13. The molecule has 20 heavy (non-hydrogen) atoms. The second-order valence-electron chi connectivity index (χ2n) is 5.17. The molecular formula is C16H23N3O. The van der Waals surface area contributed by atoms with Crippen molar-refractivity contribution < 1.29 is 4.74 Å². The number of para-hydroxylation sites is 1. The van der Waals surface area contributed by atoms with Crippen LogP contribution in [0.25, 0.3) is 0 Å². The van der Waals surface area contributed by atoms with Gasteiger partial charge in [-0.2, -0.15) is 5.10 Å². The van der Waals surface area contributed by atoms with Gasteiger partial charge in [0.2, 0.25) is 0 Å². The molecule has 4 heteroatoms. The van der Waals surface area contributed by atoms with Gasteiger partial charge >= 0.3 is 0 Å². The maximum absolute atomic E-state index is 5.98. The lowest BCUT2D eigenvalue weighted by molar-refractivity contribution is 0.459. The summed E-state index contributed by atoms with van der Waals surface area (Å²) in [6.07, 6.45) is 3.69. The van der Waals surface area contributed by atoms with Gasteiger partial charge in [-0.25, -0.2) is 0 Å². The minimum Gasteiger partial charge on any atom is -0.454 e. The van der Waals surface area contributed by atoms with Crippen molar-refractivity contribution in [3.8, 4) is 11.5 Å². The Morgan fingerprint density at radius 3 is 2.65 bits per heavy atom. The summed E-state index contributed by atoms with van der Waals surface area (Å²) in [4.78, 5) is 0. The van der Waals surface area contributed by atoms with E-state index in [1.165, 1.54) is 0 Å². The molecule has 0 aliphatic carbocycles. The van der Waals surface area contributed by atoms with Crippen LogP contribution in [0.3, 0.4) is 0 Å². The molecule has 0 spiro atoms. The third kappa shape index (κ3) is 3.39. The molecule has 0 saturated heterocycles. The predicted octanol–water partition coefficient (Wildman–Crippen LogP) is 3.93. The average molecular weight is 273 g/mol. The van der Waals surface area contributed by atoms with Crippen LogP contribution in [0.15, 0.2) is 36.7 Å². The minimum absolute atomic E-state index is 0.261. The van der Waals surface area contributed by atoms with E-state index in [9.17, 15) is 0 Å². The van der Waals surface area contributed by atoms with E-state index in [0.29, 0.717) is 6.04 Å². The molecule has 2 rings (SSSR count). The highest BCUT2D eigenvalue weighted by Crippen LogP contribution is 2.29. The van der Waals surface area contributed by atoms with E-state index < -0.39 is 0 Å². The zero-order valence-corrected chi connectivity index (χ0v) is 12.6. The molecule has 1 aromatic heterocycles. The maximum Gasteiger partial charge on any atom is 0.165 e. The molecule has 0 radical (unpaired) electrons. The van der Waals surface area contributed by atoms with Crippen molar-refractivity contribution in [2.45, 2.75) is 39.8 Å². The SMILES string of the molecule is CCNC(C)c1ccccc1Oc1cnn(C(C)C)c1. The Bertz CT molecular complexity index is 548. The quantitative estimate of drug-likeness (QED) is 0.866. The molecular weight excluding hydrogens is 250 g/mol. The highest BCUT2D eigenvalue weighted by molar-refractivity contribution is 5.38. The molecule has 1 aromatic carbocycles. The Balaban J connectivity index is 2.19. The number of nitrogens with one attached hydrogen (secondary N) is 1. The Hall–Kier alpha value is -1.81. The molecule has 1 heterocycles. The summed E-state index contributed by atoms with van der Waals surface area (Å²) in [5.74, 6) is 1.65. The Labute approximate surface area is 120 Å². The highest BCUT2D eigenvalue weighted by atomic mass is 16.5. The monoisotopic (exact) mass is 273 g/mol. The fraction of sp³-hybridized carbons (Fsp3) is 0.438. The predicted molar refractivity (Wildman–Crippen MR) is 81.2 cm³/mol. The lowest BCUT2D eigenvalue weighted by Gasteiger charge is -2.16. The summed E-state index contributed by atoms with van der Waals surface area (Å²) >= 11 is 0. The Morgan fingerprint density at radius 2 is 2.00 bits per heavy atom. The van der Waals surface area contributed by atoms with Gasteiger partial charge in [-0.15, -0.1) is 0 Å². The molecule has 1 atom stereocenters. The number of benzene rings is 1. The number of aromatic nitrogens is 2. The normalized spacial score (nSPS) is 12.7. The Kier molecular flexibility index (Phi) is 4.79. The van der Waals surface area contributed by atoms with Crippen LogP contribution in [0, 0.1) is 0 Å². The second kappa shape index (κ2) is 6.57. The third-order valence-corrected chi connectivity index (χ3v) is 3.23. The van der Waals surface area contributed by atoms with Gasteiger partial charge in [0.15, 0.2) is 5.75 Å². The summed E-state index contributed by atoms with van der Waals surface area (Å²) in [7, 11) is 0. The molecule has 1 N–H and O–H groups in total. The van der Waals surface area contributed by atoms with Crippen LogP contribution in [0.1, 0.15) is 45.3 Å². The van der Waals surface area contributed by atoms with Gasteiger partial charge in [0, 0.05) is 17.6 Å². The second-order valence-corrected chi connectivity index (χ2v) is 5.17. The fourth-order valence-corrected chi connectivity index (χ4v) is 2.13. The summed E-state index contributed by atoms with van der Waals surface area (Å²) in [6, 6.07) is 8.71. The standard InChI is InChI=1S/C16H23N3O/c1-5-17-13(4)15-8-6-7-9-16(15)20-14-10-18-19(11-14)12(2)3/h6-13,17H,5H2,1-4H3. The van der Waals surface area contributed by atoms with Crippen molar-refractivity contribution in [2.24, 2.45) is 0 Å². The van der Waals surface area contributed by atoms with Gasteiger partial charge < -0.3 is 10.1 Å². The van der Waals surface area contributed by atoms with E-state index in [2.05, 4.69) is 44.2 Å². The molecule has 0 fully saturated rings. The molecule has 0 aliphatic heterocycles. The maximum atomic E-state index is 5.98. The van der Waals surface area contributed by atoms with Crippen molar-refractivity contribution >= 4 is 0 Å². The van der Waals surface area contributed by atoms with Gasteiger partial charge in [0.1, 0.15) is 5.75 Å². The zero-order chi connectivity index (χ0) is 14.5. The van der Waals surface area contributed by atoms with Crippen LogP contribution in [-0.2, 0) is 0 Å². The van der Waals surface area contributed by atoms with E-state index >= 15 is 0 Å². The topological polar surface area (TPSA) is 39.1 Å². The number of ether oxygens (including phenoxy) is 1. The number of nitrogens with zero attached hydrogens (tertiary/aromatic N) is 2. The molecule has 108 valence electrons. The lowest BCUT2D eigenvalue weighted by Crippen LogP contribution is -2.18. The van der Waals surface area contributed by atoms with Crippen molar-refractivity contribution in [3.05, 3.63) is 42.2 Å². The first-order valence-electron chi connectivity index (χ1n) is 7.16. The van der Waals surface area contributed by atoms with Gasteiger partial charge in [-0.05, 0) is 33.4 Å². The summed E-state index contributed by atoms with van der Waals surface area (Å²) in [5, 5.41) is 7.71. The molecule has 0 aliphatic rings. The molecule has 0 saturated carbocycles. The minimum atomic E-state index is 0.261. The third-order valence-electron chi connectivity index (χ3n) is 3.23. The largest absolute Gasteiger partial charge is 0.454 e. The van der Waals surface area contributed by atoms with Crippen LogP contribution in [0.2, 0.25) is 0 Å². The lowest BCUT2D eigenvalue weighted by atomic mass is 10.1. The summed E-state index contributed by atoms with van der Waals surface area (Å²) < 4.78 is 7.88. The van der Waals surface area contributed by atoms with Crippen LogP contribution in [-0.4, -0.2) is 16.3 Å². The van der Waals surface area contributed by atoms with Crippen molar-refractivity contribution in [1.82, 2.24) is 15.1 Å². The van der Waals surface area contributed by atoms with Crippen LogP contribution < -0.4 is 10.1 Å². The molecule has 0 bridgehead atoms. The van der Waals surface area contributed by atoms with Gasteiger partial charge in [0.05, 0.1) is 12.4 Å². The van der Waals surface area contributed by atoms with Crippen LogP contribution >= 0.6 is 0 Å². The average Bonchev–Trinajstić information content (AvgIpc) is 2.88. The van der Waals surface area contributed by atoms with Crippen LogP contribution in [0.5, 0.6) is 11.5 Å². The molecule has 0 amide bonds. The number of hydrogen-bond acceptors (Lipinski definition) is 3. The first kappa shape index (κ1) is 14.6. The zero-order valence-electron chi connectivity index (χ0n) is 12.6. The van der Waals surface area contributed by atoms with Gasteiger partial charge in [0.25, 0.3) is 0 Å². The van der Waals surface area contributed by atoms with E-state index in [0.717, 1.165) is 23.6 Å². The van der Waals surface area contributed by atoms with Crippen molar-refractivity contribution in [1.29, 1.82) is 0 Å². The van der Waals surface area contributed by atoms with Gasteiger partial charge in [-0.3, -0.25) is 4.68 Å². The first-order valence-corrected chi connectivity index (χ1v) is 7.16. The Morgan fingerprint density at radius 1 is 1.25 bits per heavy atom.